The lowest BCUT2D eigenvalue weighted by atomic mass is 10.0. The highest BCUT2D eigenvalue weighted by molar-refractivity contribution is 5.69. The van der Waals surface area contributed by atoms with Gasteiger partial charge in [-0.05, 0) is 39.1 Å². The van der Waals surface area contributed by atoms with Crippen LogP contribution in [0, 0.1) is 0 Å². The quantitative estimate of drug-likeness (QED) is 0.0526. The molecule has 344 valence electrons. The molecule has 2 aromatic rings. The van der Waals surface area contributed by atoms with E-state index in [1.54, 1.807) is 37.2 Å². The Morgan fingerprint density at radius 1 is 0.583 bits per heavy atom. The van der Waals surface area contributed by atoms with E-state index in [4.69, 9.17) is 9.47 Å². The van der Waals surface area contributed by atoms with Gasteiger partial charge in [-0.25, -0.2) is 9.36 Å². The third-order valence-corrected chi connectivity index (χ3v) is 11.8. The number of benzene rings is 1. The average molecular weight is 840 g/mol. The lowest BCUT2D eigenvalue weighted by Gasteiger charge is -2.18. The maximum Gasteiger partial charge on any atom is 0.339 e. The third kappa shape index (κ3) is 24.4. The molecule has 1 N–H and O–H groups in total. The number of unbranched alkanes of at least 4 members (excludes halogenated alkanes) is 30. The Labute approximate surface area is 366 Å². The van der Waals surface area contributed by atoms with E-state index in [-0.39, 0.29) is 18.7 Å². The second kappa shape index (κ2) is 35.5. The molecule has 0 unspecified atom stereocenters. The molecule has 0 radical (unpaired) electrons. The number of rotatable bonds is 40. The number of hydrogen-bond donors (Lipinski definition) is 1. The van der Waals surface area contributed by atoms with Gasteiger partial charge in [-0.15, -0.1) is 0 Å². The first-order chi connectivity index (χ1) is 29.3. The van der Waals surface area contributed by atoms with Crippen molar-refractivity contribution in [2.24, 2.45) is 0 Å². The molecule has 0 aliphatic heterocycles. The largest absolute Gasteiger partial charge is 0.494 e. The molecule has 1 heterocycles. The molecule has 0 saturated carbocycles. The van der Waals surface area contributed by atoms with Crippen LogP contribution in [-0.4, -0.2) is 52.4 Å². The molecule has 1 aromatic heterocycles. The number of carbonyl (C=O) groups excluding carboxylic acids is 1. The van der Waals surface area contributed by atoms with Crippen molar-refractivity contribution in [3.63, 3.8) is 0 Å². The van der Waals surface area contributed by atoms with Crippen LogP contribution < -0.4 is 16.0 Å². The molecular weight excluding hydrogens is 751 g/mol. The normalized spacial score (nSPS) is 11.5. The zero-order valence-electron chi connectivity index (χ0n) is 39.1. The maximum absolute atomic E-state index is 13.8. The summed E-state index contributed by atoms with van der Waals surface area (Å²) in [5, 5.41) is 11.1. The van der Waals surface area contributed by atoms with Crippen LogP contribution in [0.5, 0.6) is 11.6 Å². The van der Waals surface area contributed by atoms with Gasteiger partial charge in [-0.3, -0.25) is 14.2 Å². The van der Waals surface area contributed by atoms with Gasteiger partial charge in [0.1, 0.15) is 12.3 Å². The fourth-order valence-corrected chi connectivity index (χ4v) is 8.08. The van der Waals surface area contributed by atoms with Crippen molar-refractivity contribution in [3.05, 3.63) is 50.7 Å². The van der Waals surface area contributed by atoms with Gasteiger partial charge in [0, 0.05) is 12.6 Å². The van der Waals surface area contributed by atoms with E-state index in [2.05, 4.69) is 13.8 Å². The number of hydrogen-bond acceptors (Lipinski definition) is 7. The maximum atomic E-state index is 13.8. The summed E-state index contributed by atoms with van der Waals surface area (Å²) in [6.45, 7) is 4.96. The summed E-state index contributed by atoms with van der Waals surface area (Å²) in [6.07, 6.45) is 41.2. The second-order valence-electron chi connectivity index (χ2n) is 17.7. The van der Waals surface area contributed by atoms with Crippen molar-refractivity contribution in [2.75, 3.05) is 27.3 Å². The van der Waals surface area contributed by atoms with Gasteiger partial charge in [0.05, 0.1) is 24.5 Å². The molecule has 1 aromatic carbocycles. The van der Waals surface area contributed by atoms with Crippen LogP contribution in [0.15, 0.2) is 33.9 Å². The fraction of sp³-hybridized carbons (Fsp3) is 0.784. The molecule has 60 heavy (non-hydrogen) atoms. The Bertz CT molecular complexity index is 1480. The fourth-order valence-electron chi connectivity index (χ4n) is 8.08. The van der Waals surface area contributed by atoms with Crippen molar-refractivity contribution >= 4 is 5.97 Å². The monoisotopic (exact) mass is 840 g/mol. The molecule has 0 spiro atoms. The summed E-state index contributed by atoms with van der Waals surface area (Å²) in [6, 6.07) is 6.91. The van der Waals surface area contributed by atoms with Gasteiger partial charge in [-0.1, -0.05) is 213 Å². The minimum atomic E-state index is -0.797. The standard InChI is InChI=1S/C51H89N3O6/c1-5-7-9-11-13-15-17-19-21-23-25-27-29-31-33-35-40-59-46-39-37-38-45(42-46)54-50(57)47(43-52(3)4)49(56)53(51(54)58)44-48(55)60-41-36-34-32-30-28-26-24-22-20-18-16-14-12-10-8-6-2/h37-39,42,56H,5-36,40-41,43-44H2,1-4H3. The molecule has 0 atom stereocenters. The molecule has 0 fully saturated rings. The Morgan fingerprint density at radius 3 is 1.40 bits per heavy atom. The van der Waals surface area contributed by atoms with Crippen LogP contribution >= 0.6 is 0 Å². The molecule has 0 aliphatic rings. The summed E-state index contributed by atoms with van der Waals surface area (Å²) < 4.78 is 13.5. The summed E-state index contributed by atoms with van der Waals surface area (Å²) in [4.78, 5) is 42.1. The first-order valence-corrected chi connectivity index (χ1v) is 24.9. The molecule has 0 amide bonds. The predicted molar refractivity (Wildman–Crippen MR) is 251 cm³/mol. The molecule has 9 nitrogen and oxygen atoms in total. The highest BCUT2D eigenvalue weighted by Crippen LogP contribution is 2.20. The number of ether oxygens (including phenoxy) is 2. The van der Waals surface area contributed by atoms with E-state index in [0.29, 0.717) is 18.0 Å². The Balaban J connectivity index is 1.73. The van der Waals surface area contributed by atoms with Crippen molar-refractivity contribution in [3.8, 4) is 17.3 Å². The van der Waals surface area contributed by atoms with Crippen LogP contribution in [0.25, 0.3) is 5.69 Å². The number of nitrogens with zero attached hydrogens (tertiary/aromatic N) is 3. The number of aromatic nitrogens is 2. The lowest BCUT2D eigenvalue weighted by Crippen LogP contribution is -2.42. The smallest absolute Gasteiger partial charge is 0.339 e. The van der Waals surface area contributed by atoms with Gasteiger partial charge in [0.15, 0.2) is 0 Å². The molecule has 0 saturated heterocycles. The summed E-state index contributed by atoms with van der Waals surface area (Å²) in [7, 11) is 3.55. The van der Waals surface area contributed by atoms with Crippen LogP contribution in [-0.2, 0) is 22.6 Å². The van der Waals surface area contributed by atoms with E-state index in [1.807, 2.05) is 6.07 Å². The Hall–Kier alpha value is -3.07. The highest BCUT2D eigenvalue weighted by Gasteiger charge is 2.22. The van der Waals surface area contributed by atoms with E-state index >= 15 is 0 Å². The van der Waals surface area contributed by atoms with Crippen molar-refractivity contribution in [2.45, 2.75) is 232 Å². The van der Waals surface area contributed by atoms with Crippen LogP contribution in [0.3, 0.4) is 0 Å². The molecule has 2 rings (SSSR count). The SMILES string of the molecule is CCCCCCCCCCCCCCCCCCOC(=O)Cn1c(O)c(CN(C)C)c(=O)n(-c2cccc(OCCCCCCCCCCCCCCCCCC)c2)c1=O. The van der Waals surface area contributed by atoms with Gasteiger partial charge in [-0.2, -0.15) is 0 Å². The first kappa shape index (κ1) is 53.1. The first-order valence-electron chi connectivity index (χ1n) is 24.9. The summed E-state index contributed by atoms with van der Waals surface area (Å²) >= 11 is 0. The number of esters is 1. The summed E-state index contributed by atoms with van der Waals surface area (Å²) in [5.74, 6) is -0.567. The molecule has 0 aliphatic carbocycles. The highest BCUT2D eigenvalue weighted by atomic mass is 16.5. The Kier molecular flexibility index (Phi) is 31.4. The lowest BCUT2D eigenvalue weighted by molar-refractivity contribution is -0.144. The van der Waals surface area contributed by atoms with E-state index in [0.717, 1.165) is 41.2 Å². The van der Waals surface area contributed by atoms with E-state index in [1.165, 1.54) is 173 Å². The van der Waals surface area contributed by atoms with Crippen molar-refractivity contribution in [1.29, 1.82) is 0 Å². The Morgan fingerprint density at radius 2 is 0.983 bits per heavy atom. The van der Waals surface area contributed by atoms with Gasteiger partial charge in [0.25, 0.3) is 5.56 Å². The predicted octanol–water partition coefficient (Wildman–Crippen LogP) is 13.2. The number of aromatic hydroxyl groups is 1. The van der Waals surface area contributed by atoms with Crippen molar-refractivity contribution in [1.82, 2.24) is 14.0 Å². The molecule has 0 bridgehead atoms. The van der Waals surface area contributed by atoms with Crippen LogP contribution in [0.4, 0.5) is 0 Å². The van der Waals surface area contributed by atoms with Crippen molar-refractivity contribution < 1.29 is 19.4 Å². The molecular formula is C51H89N3O6. The van der Waals surface area contributed by atoms with Crippen LogP contribution in [0.1, 0.15) is 225 Å². The van der Waals surface area contributed by atoms with Gasteiger partial charge in [0.2, 0.25) is 5.88 Å². The third-order valence-electron chi connectivity index (χ3n) is 11.8. The van der Waals surface area contributed by atoms with Gasteiger partial charge < -0.3 is 19.5 Å². The zero-order chi connectivity index (χ0) is 43.5. The zero-order valence-corrected chi connectivity index (χ0v) is 39.1. The van der Waals surface area contributed by atoms with Gasteiger partial charge >= 0.3 is 11.7 Å². The second-order valence-corrected chi connectivity index (χ2v) is 17.7. The van der Waals surface area contributed by atoms with E-state index < -0.39 is 29.6 Å². The van der Waals surface area contributed by atoms with E-state index in [9.17, 15) is 19.5 Å². The minimum absolute atomic E-state index is 0.0321. The van der Waals surface area contributed by atoms with Crippen LogP contribution in [0.2, 0.25) is 0 Å². The minimum Gasteiger partial charge on any atom is -0.494 e. The average Bonchev–Trinajstić information content (AvgIpc) is 3.23. The topological polar surface area (TPSA) is 103 Å². The molecule has 9 heteroatoms. The number of carbonyl (C=O) groups is 1. The summed E-state index contributed by atoms with van der Waals surface area (Å²) in [5.41, 5.74) is -1.07.